The fraction of sp³-hybridized carbons (Fsp3) is 0.423. The molecule has 0 bridgehead atoms. The van der Waals surface area contributed by atoms with Crippen LogP contribution < -0.4 is 4.74 Å². The van der Waals surface area contributed by atoms with Gasteiger partial charge in [-0.25, -0.2) is 4.98 Å². The molecule has 1 N–H and O–H groups in total. The van der Waals surface area contributed by atoms with Crippen LogP contribution in [0.1, 0.15) is 36.9 Å². The first kappa shape index (κ1) is 23.2. The van der Waals surface area contributed by atoms with E-state index in [-0.39, 0.29) is 12.3 Å². The molecule has 6 nitrogen and oxygen atoms in total. The van der Waals surface area contributed by atoms with Crippen molar-refractivity contribution in [2.45, 2.75) is 32.1 Å². The van der Waals surface area contributed by atoms with Crippen LogP contribution in [0.3, 0.4) is 0 Å². The molecule has 2 aromatic heterocycles. The number of nitrogens with zero attached hydrogens (tertiary/aromatic N) is 3. The van der Waals surface area contributed by atoms with E-state index in [1.165, 1.54) is 16.9 Å². The number of benzene rings is 1. The Bertz CT molecular complexity index is 1140. The maximum absolute atomic E-state index is 11.5. The van der Waals surface area contributed by atoms with Crippen molar-refractivity contribution >= 4 is 28.2 Å². The van der Waals surface area contributed by atoms with Gasteiger partial charge in [0.2, 0.25) is 0 Å². The summed E-state index contributed by atoms with van der Waals surface area (Å²) in [5.74, 6) is 6.99. The Hall–Kier alpha value is -2.95. The zero-order valence-corrected chi connectivity index (χ0v) is 19.7. The SMILES string of the molecule is COc1ccc2nccc(CCC[C@@H]3CCN(CC#Cc4cscn4)C[C@@H]3CC(=O)O)c2c1. The fourth-order valence-corrected chi connectivity index (χ4v) is 5.22. The largest absolute Gasteiger partial charge is 0.497 e. The van der Waals surface area contributed by atoms with Crippen molar-refractivity contribution in [2.75, 3.05) is 26.7 Å². The van der Waals surface area contributed by atoms with Gasteiger partial charge in [-0.15, -0.1) is 11.3 Å². The number of carboxylic acid groups (broad SMARTS) is 1. The summed E-state index contributed by atoms with van der Waals surface area (Å²) in [6, 6.07) is 8.06. The Labute approximate surface area is 198 Å². The number of carbonyl (C=O) groups is 1. The molecule has 0 aliphatic carbocycles. The van der Waals surface area contributed by atoms with Crippen LogP contribution in [0.2, 0.25) is 0 Å². The Morgan fingerprint density at radius 1 is 1.30 bits per heavy atom. The van der Waals surface area contributed by atoms with E-state index in [0.717, 1.165) is 61.1 Å². The number of ether oxygens (including phenoxy) is 1. The molecule has 0 unspecified atom stereocenters. The molecular formula is C26H29N3O3S. The fourth-order valence-electron chi connectivity index (χ4n) is 4.73. The summed E-state index contributed by atoms with van der Waals surface area (Å²) < 4.78 is 5.39. The maximum Gasteiger partial charge on any atom is 0.303 e. The summed E-state index contributed by atoms with van der Waals surface area (Å²) in [6.07, 6.45) is 6.11. The van der Waals surface area contributed by atoms with E-state index in [0.29, 0.717) is 12.5 Å². The number of fused-ring (bicyclic) bond motifs is 1. The third-order valence-corrected chi connectivity index (χ3v) is 7.01. The minimum atomic E-state index is -0.715. The molecule has 0 radical (unpaired) electrons. The quantitative estimate of drug-likeness (QED) is 0.496. The molecule has 1 aliphatic rings. The van der Waals surface area contributed by atoms with Crippen molar-refractivity contribution in [1.82, 2.24) is 14.9 Å². The first-order valence-corrected chi connectivity index (χ1v) is 12.3. The number of piperidine rings is 1. The lowest BCUT2D eigenvalue weighted by molar-refractivity contribution is -0.139. The third kappa shape index (κ3) is 6.31. The normalized spacial score (nSPS) is 18.6. The molecule has 33 heavy (non-hydrogen) atoms. The summed E-state index contributed by atoms with van der Waals surface area (Å²) in [5, 5.41) is 12.5. The van der Waals surface area contributed by atoms with E-state index in [1.54, 1.807) is 12.6 Å². The highest BCUT2D eigenvalue weighted by Crippen LogP contribution is 2.31. The lowest BCUT2D eigenvalue weighted by Crippen LogP contribution is -2.41. The number of aryl methyl sites for hydroxylation is 1. The van der Waals surface area contributed by atoms with Gasteiger partial charge in [0, 0.05) is 29.9 Å². The highest BCUT2D eigenvalue weighted by Gasteiger charge is 2.30. The van der Waals surface area contributed by atoms with Gasteiger partial charge in [0.1, 0.15) is 11.4 Å². The van der Waals surface area contributed by atoms with Gasteiger partial charge in [-0.05, 0) is 79.8 Å². The van der Waals surface area contributed by atoms with Crippen molar-refractivity contribution in [3.8, 4) is 17.6 Å². The predicted molar refractivity (Wildman–Crippen MR) is 131 cm³/mol. The van der Waals surface area contributed by atoms with Crippen LogP contribution >= 0.6 is 11.3 Å². The molecule has 0 spiro atoms. The number of methoxy groups -OCH3 is 1. The smallest absolute Gasteiger partial charge is 0.303 e. The van der Waals surface area contributed by atoms with Crippen LogP contribution in [0.25, 0.3) is 10.9 Å². The standard InChI is InChI=1S/C26H29N3O3S/c1-32-23-7-8-25-24(15-23)20(9-11-27-25)5-2-4-19-10-13-29(16-21(19)14-26(30)31)12-3-6-22-17-33-18-28-22/h7-9,11,15,17-19,21H,2,4-5,10,12-14,16H2,1H3,(H,30,31)/t19-,21+/m1/s1. The average molecular weight is 464 g/mol. The van der Waals surface area contributed by atoms with Crippen molar-refractivity contribution in [3.63, 3.8) is 0 Å². The second kappa shape index (κ2) is 11.3. The maximum atomic E-state index is 11.5. The highest BCUT2D eigenvalue weighted by atomic mass is 32.1. The van der Waals surface area contributed by atoms with Crippen LogP contribution in [0.15, 0.2) is 41.4 Å². The number of likely N-dealkylation sites (tertiary alicyclic amines) is 1. The molecule has 3 heterocycles. The number of aromatic nitrogens is 2. The first-order chi connectivity index (χ1) is 16.1. The van der Waals surface area contributed by atoms with Gasteiger partial charge in [-0.3, -0.25) is 14.7 Å². The minimum Gasteiger partial charge on any atom is -0.497 e. The molecule has 172 valence electrons. The van der Waals surface area contributed by atoms with Gasteiger partial charge in [0.05, 0.1) is 24.7 Å². The zero-order valence-electron chi connectivity index (χ0n) is 18.9. The van der Waals surface area contributed by atoms with Gasteiger partial charge < -0.3 is 9.84 Å². The van der Waals surface area contributed by atoms with Crippen LogP contribution in [-0.2, 0) is 11.2 Å². The molecule has 0 amide bonds. The Balaban J connectivity index is 1.35. The number of rotatable bonds is 8. The molecule has 2 atom stereocenters. The Kier molecular flexibility index (Phi) is 7.92. The summed E-state index contributed by atoms with van der Waals surface area (Å²) in [4.78, 5) is 22.5. The van der Waals surface area contributed by atoms with Gasteiger partial charge in [0.15, 0.2) is 0 Å². The first-order valence-electron chi connectivity index (χ1n) is 11.3. The van der Waals surface area contributed by atoms with Crippen molar-refractivity contribution in [1.29, 1.82) is 0 Å². The number of aliphatic carboxylic acids is 1. The van der Waals surface area contributed by atoms with Gasteiger partial charge >= 0.3 is 5.97 Å². The Morgan fingerprint density at radius 3 is 3.00 bits per heavy atom. The van der Waals surface area contributed by atoms with Crippen LogP contribution in [0.4, 0.5) is 0 Å². The summed E-state index contributed by atoms with van der Waals surface area (Å²) in [7, 11) is 1.68. The van der Waals surface area contributed by atoms with Gasteiger partial charge in [0.25, 0.3) is 0 Å². The number of carboxylic acids is 1. The number of thiazole rings is 1. The molecule has 0 saturated carbocycles. The monoisotopic (exact) mass is 463 g/mol. The van der Waals surface area contributed by atoms with Crippen LogP contribution in [0.5, 0.6) is 5.75 Å². The van der Waals surface area contributed by atoms with E-state index in [2.05, 4.69) is 38.8 Å². The van der Waals surface area contributed by atoms with E-state index in [1.807, 2.05) is 23.7 Å². The van der Waals surface area contributed by atoms with Gasteiger partial charge in [-0.2, -0.15) is 0 Å². The topological polar surface area (TPSA) is 75.5 Å². The number of hydrogen-bond acceptors (Lipinski definition) is 6. The van der Waals surface area contributed by atoms with E-state index < -0.39 is 5.97 Å². The van der Waals surface area contributed by atoms with Crippen LogP contribution in [0, 0.1) is 23.7 Å². The molecule has 1 aliphatic heterocycles. The highest BCUT2D eigenvalue weighted by molar-refractivity contribution is 7.07. The third-order valence-electron chi connectivity index (χ3n) is 6.42. The van der Waals surface area contributed by atoms with Crippen molar-refractivity contribution < 1.29 is 14.6 Å². The van der Waals surface area contributed by atoms with E-state index in [4.69, 9.17) is 4.74 Å². The second-order valence-corrected chi connectivity index (χ2v) is 9.28. The lowest BCUT2D eigenvalue weighted by atomic mass is 9.80. The second-order valence-electron chi connectivity index (χ2n) is 8.56. The Morgan fingerprint density at radius 2 is 2.21 bits per heavy atom. The number of hydrogen-bond donors (Lipinski definition) is 1. The summed E-state index contributed by atoms with van der Waals surface area (Å²) >= 11 is 1.54. The van der Waals surface area contributed by atoms with Gasteiger partial charge in [-0.1, -0.05) is 5.92 Å². The molecule has 1 fully saturated rings. The van der Waals surface area contributed by atoms with E-state index in [9.17, 15) is 9.90 Å². The average Bonchev–Trinajstić information content (AvgIpc) is 3.33. The summed E-state index contributed by atoms with van der Waals surface area (Å²) in [5.41, 5.74) is 4.83. The van der Waals surface area contributed by atoms with Crippen LogP contribution in [-0.4, -0.2) is 52.7 Å². The summed E-state index contributed by atoms with van der Waals surface area (Å²) in [6.45, 7) is 2.41. The molecule has 4 rings (SSSR count). The lowest BCUT2D eigenvalue weighted by Gasteiger charge is -2.37. The molecule has 7 heteroatoms. The molecule has 3 aromatic rings. The predicted octanol–water partition coefficient (Wildman–Crippen LogP) is 4.49. The molecule has 1 saturated heterocycles. The van der Waals surface area contributed by atoms with Crippen molar-refractivity contribution in [2.24, 2.45) is 11.8 Å². The molecule has 1 aromatic carbocycles. The minimum absolute atomic E-state index is 0.159. The van der Waals surface area contributed by atoms with E-state index >= 15 is 0 Å². The number of pyridine rings is 1. The molecular weight excluding hydrogens is 434 g/mol. The zero-order chi connectivity index (χ0) is 23.0. The van der Waals surface area contributed by atoms with Crippen molar-refractivity contribution in [3.05, 3.63) is 52.6 Å².